The number of hydrogen-bond acceptors (Lipinski definition) is 3. The molecule has 2 aliphatic heterocycles. The molecule has 4 rings (SSSR count). The van der Waals surface area contributed by atoms with E-state index in [1.54, 1.807) is 0 Å². The third-order valence-corrected chi connectivity index (χ3v) is 4.87. The van der Waals surface area contributed by atoms with E-state index in [1.165, 1.54) is 0 Å². The van der Waals surface area contributed by atoms with Crippen molar-refractivity contribution in [2.24, 2.45) is 18.9 Å². The number of aromatic nitrogens is 2. The van der Waals surface area contributed by atoms with E-state index in [-0.39, 0.29) is 11.8 Å². The van der Waals surface area contributed by atoms with Crippen LogP contribution in [0.1, 0.15) is 5.82 Å². The van der Waals surface area contributed by atoms with Gasteiger partial charge in [-0.2, -0.15) is 0 Å². The van der Waals surface area contributed by atoms with Crippen LogP contribution in [0.3, 0.4) is 0 Å². The number of nitrogens with zero attached hydrogens (tertiary/aromatic N) is 4. The van der Waals surface area contributed by atoms with Gasteiger partial charge in [-0.1, -0.05) is 18.2 Å². The first-order valence-electron chi connectivity index (χ1n) is 7.77. The predicted octanol–water partition coefficient (Wildman–Crippen LogP) is 1.51. The number of anilines is 1. The van der Waals surface area contributed by atoms with Crippen LogP contribution in [0, 0.1) is 11.8 Å². The largest absolute Gasteiger partial charge is 0.337 e. The monoisotopic (exact) mass is 296 g/mol. The van der Waals surface area contributed by atoms with Gasteiger partial charge in [0.05, 0.1) is 12.5 Å². The van der Waals surface area contributed by atoms with E-state index in [2.05, 4.69) is 9.88 Å². The van der Waals surface area contributed by atoms with Crippen molar-refractivity contribution in [2.45, 2.75) is 6.54 Å². The van der Waals surface area contributed by atoms with Crippen molar-refractivity contribution in [1.82, 2.24) is 14.5 Å². The number of hydrogen-bond donors (Lipinski definition) is 0. The van der Waals surface area contributed by atoms with Crippen LogP contribution >= 0.6 is 0 Å². The number of aryl methyl sites for hydroxylation is 1. The Balaban J connectivity index is 1.45. The fourth-order valence-corrected chi connectivity index (χ4v) is 3.67. The second kappa shape index (κ2) is 5.25. The Morgan fingerprint density at radius 2 is 2.00 bits per heavy atom. The van der Waals surface area contributed by atoms with Gasteiger partial charge in [-0.05, 0) is 12.1 Å². The molecule has 0 N–H and O–H groups in total. The highest BCUT2D eigenvalue weighted by molar-refractivity contribution is 5.98. The summed E-state index contributed by atoms with van der Waals surface area (Å²) in [6.07, 6.45) is 3.79. The summed E-state index contributed by atoms with van der Waals surface area (Å²) in [6.45, 7) is 3.49. The van der Waals surface area contributed by atoms with Gasteiger partial charge in [0, 0.05) is 50.7 Å². The smallest absolute Gasteiger partial charge is 0.231 e. The van der Waals surface area contributed by atoms with Gasteiger partial charge < -0.3 is 9.47 Å². The Kier molecular flexibility index (Phi) is 3.22. The highest BCUT2D eigenvalue weighted by Gasteiger charge is 2.46. The molecular formula is C17H20N4O. The van der Waals surface area contributed by atoms with E-state index in [0.29, 0.717) is 5.92 Å². The Bertz CT molecular complexity index is 681. The number of fused-ring (bicyclic) bond motifs is 1. The summed E-state index contributed by atoms with van der Waals surface area (Å²) < 4.78 is 2.05. The Morgan fingerprint density at radius 1 is 1.18 bits per heavy atom. The zero-order valence-electron chi connectivity index (χ0n) is 12.7. The minimum Gasteiger partial charge on any atom is -0.337 e. The van der Waals surface area contributed by atoms with Crippen molar-refractivity contribution in [1.29, 1.82) is 0 Å². The maximum absolute atomic E-state index is 12.7. The lowest BCUT2D eigenvalue weighted by Gasteiger charge is -2.21. The lowest BCUT2D eigenvalue weighted by atomic mass is 10.0. The molecule has 2 aliphatic rings. The van der Waals surface area contributed by atoms with Gasteiger partial charge in [-0.15, -0.1) is 0 Å². The fourth-order valence-electron chi connectivity index (χ4n) is 3.67. The van der Waals surface area contributed by atoms with Crippen molar-refractivity contribution in [3.05, 3.63) is 48.5 Å². The van der Waals surface area contributed by atoms with E-state index >= 15 is 0 Å². The van der Waals surface area contributed by atoms with Crippen LogP contribution < -0.4 is 4.90 Å². The van der Waals surface area contributed by atoms with E-state index in [1.807, 2.05) is 59.2 Å². The molecule has 114 valence electrons. The summed E-state index contributed by atoms with van der Waals surface area (Å²) in [7, 11) is 2.02. The summed E-state index contributed by atoms with van der Waals surface area (Å²) in [5.74, 6) is 1.92. The average Bonchev–Trinajstić information content (AvgIpc) is 3.19. The van der Waals surface area contributed by atoms with Crippen molar-refractivity contribution in [3.8, 4) is 0 Å². The lowest BCUT2D eigenvalue weighted by Crippen LogP contribution is -2.32. The van der Waals surface area contributed by atoms with Crippen LogP contribution in [0.25, 0.3) is 0 Å². The number of likely N-dealkylation sites (tertiary alicyclic amines) is 1. The van der Waals surface area contributed by atoms with E-state index in [4.69, 9.17) is 0 Å². The van der Waals surface area contributed by atoms with Crippen molar-refractivity contribution in [2.75, 3.05) is 24.5 Å². The van der Waals surface area contributed by atoms with Crippen LogP contribution in [0.15, 0.2) is 42.7 Å². The summed E-state index contributed by atoms with van der Waals surface area (Å²) >= 11 is 0. The molecule has 1 aromatic carbocycles. The maximum atomic E-state index is 12.7. The number of imidazole rings is 1. The highest BCUT2D eigenvalue weighted by Crippen LogP contribution is 2.35. The molecule has 2 fully saturated rings. The fraction of sp³-hybridized carbons (Fsp3) is 0.412. The molecule has 0 spiro atoms. The predicted molar refractivity (Wildman–Crippen MR) is 84.3 cm³/mol. The average molecular weight is 296 g/mol. The summed E-state index contributed by atoms with van der Waals surface area (Å²) in [4.78, 5) is 21.4. The number of rotatable bonds is 3. The molecule has 0 saturated carbocycles. The molecule has 1 aromatic heterocycles. The number of para-hydroxylation sites is 1. The molecule has 2 saturated heterocycles. The van der Waals surface area contributed by atoms with Gasteiger partial charge >= 0.3 is 0 Å². The van der Waals surface area contributed by atoms with E-state index in [0.717, 1.165) is 37.7 Å². The van der Waals surface area contributed by atoms with Gasteiger partial charge in [-0.3, -0.25) is 9.69 Å². The molecule has 0 unspecified atom stereocenters. The molecule has 5 nitrogen and oxygen atoms in total. The second-order valence-electron chi connectivity index (χ2n) is 6.30. The first kappa shape index (κ1) is 13.5. The van der Waals surface area contributed by atoms with Crippen molar-refractivity contribution >= 4 is 11.6 Å². The third-order valence-electron chi connectivity index (χ3n) is 4.87. The van der Waals surface area contributed by atoms with Crippen LogP contribution in [0.4, 0.5) is 5.69 Å². The van der Waals surface area contributed by atoms with Gasteiger partial charge in [-0.25, -0.2) is 4.98 Å². The number of carbonyl (C=O) groups is 1. The molecular weight excluding hydrogens is 276 g/mol. The molecule has 1 amide bonds. The van der Waals surface area contributed by atoms with Crippen LogP contribution in [0.2, 0.25) is 0 Å². The summed E-state index contributed by atoms with van der Waals surface area (Å²) in [5, 5.41) is 0. The molecule has 3 heterocycles. The van der Waals surface area contributed by atoms with Gasteiger partial charge in [0.15, 0.2) is 0 Å². The molecule has 0 aliphatic carbocycles. The SMILES string of the molecule is Cn1ccnc1CN1C[C@@H]2CN(c3ccccc3)C(=O)[C@@H]2C1. The quantitative estimate of drug-likeness (QED) is 0.862. The minimum absolute atomic E-state index is 0.139. The zero-order chi connectivity index (χ0) is 15.1. The van der Waals surface area contributed by atoms with Crippen molar-refractivity contribution < 1.29 is 4.79 Å². The Morgan fingerprint density at radius 3 is 2.68 bits per heavy atom. The molecule has 0 radical (unpaired) electrons. The first-order chi connectivity index (χ1) is 10.7. The van der Waals surface area contributed by atoms with E-state index in [9.17, 15) is 4.79 Å². The molecule has 0 bridgehead atoms. The third kappa shape index (κ3) is 2.22. The van der Waals surface area contributed by atoms with Crippen LogP contribution in [-0.2, 0) is 18.4 Å². The van der Waals surface area contributed by atoms with Crippen LogP contribution in [-0.4, -0.2) is 40.0 Å². The lowest BCUT2D eigenvalue weighted by molar-refractivity contribution is -0.120. The first-order valence-corrected chi connectivity index (χ1v) is 7.77. The topological polar surface area (TPSA) is 41.4 Å². The maximum Gasteiger partial charge on any atom is 0.231 e. The van der Waals surface area contributed by atoms with Gasteiger partial charge in [0.25, 0.3) is 0 Å². The summed E-state index contributed by atoms with van der Waals surface area (Å²) in [6, 6.07) is 10.0. The van der Waals surface area contributed by atoms with Gasteiger partial charge in [0.1, 0.15) is 5.82 Å². The molecule has 2 aromatic rings. The van der Waals surface area contributed by atoms with Crippen LogP contribution in [0.5, 0.6) is 0 Å². The normalized spacial score (nSPS) is 25.0. The number of amides is 1. The van der Waals surface area contributed by atoms with Gasteiger partial charge in [0.2, 0.25) is 5.91 Å². The zero-order valence-corrected chi connectivity index (χ0v) is 12.7. The Labute approximate surface area is 130 Å². The van der Waals surface area contributed by atoms with E-state index < -0.39 is 0 Å². The Hall–Kier alpha value is -2.14. The summed E-state index contributed by atoms with van der Waals surface area (Å²) in [5.41, 5.74) is 1.03. The highest BCUT2D eigenvalue weighted by atomic mass is 16.2. The molecule has 22 heavy (non-hydrogen) atoms. The number of carbonyl (C=O) groups excluding carboxylic acids is 1. The second-order valence-corrected chi connectivity index (χ2v) is 6.30. The number of benzene rings is 1. The molecule has 2 atom stereocenters. The van der Waals surface area contributed by atoms with Crippen molar-refractivity contribution in [3.63, 3.8) is 0 Å². The standard InChI is InChI=1S/C17H20N4O/c1-19-8-7-18-16(19)12-20-9-13-10-21(17(22)15(13)11-20)14-5-3-2-4-6-14/h2-8,13,15H,9-12H2,1H3/t13-,15-/m1/s1. The molecule has 5 heteroatoms. The minimum atomic E-state index is 0.139.